The van der Waals surface area contributed by atoms with Crippen LogP contribution < -0.4 is 15.5 Å². The molecule has 2 N–H and O–H groups in total. The highest BCUT2D eigenvalue weighted by Gasteiger charge is 2.25. The van der Waals surface area contributed by atoms with Crippen molar-refractivity contribution in [1.29, 1.82) is 0 Å². The zero-order valence-corrected chi connectivity index (χ0v) is 16.5. The van der Waals surface area contributed by atoms with Gasteiger partial charge in [-0.15, -0.1) is 0 Å². The van der Waals surface area contributed by atoms with E-state index in [1.165, 1.54) is 0 Å². The molecule has 5 nitrogen and oxygen atoms in total. The average molecular weight is 398 g/mol. The first-order valence-electron chi connectivity index (χ1n) is 9.82. The maximum absolute atomic E-state index is 12.5. The number of carbonyl (C=O) groups is 2. The summed E-state index contributed by atoms with van der Waals surface area (Å²) >= 11 is 5.96. The smallest absolute Gasteiger partial charge is 0.241 e. The van der Waals surface area contributed by atoms with Crippen LogP contribution in [0.1, 0.15) is 36.8 Å². The SMILES string of the molecule is O=C(Nc1ccc2c(c1)CCC(=O)N2Cc1ccc(Cl)cc1)C1CCCCN1. The van der Waals surface area contributed by atoms with Crippen molar-refractivity contribution in [2.75, 3.05) is 16.8 Å². The molecule has 2 aromatic carbocycles. The molecule has 2 aliphatic heterocycles. The number of aryl methyl sites for hydroxylation is 1. The zero-order valence-electron chi connectivity index (χ0n) is 15.7. The van der Waals surface area contributed by atoms with Gasteiger partial charge in [0.2, 0.25) is 11.8 Å². The minimum atomic E-state index is -0.118. The van der Waals surface area contributed by atoms with Gasteiger partial charge in [-0.2, -0.15) is 0 Å². The first kappa shape index (κ1) is 19.0. The Morgan fingerprint density at radius 2 is 1.96 bits per heavy atom. The molecule has 0 aliphatic carbocycles. The van der Waals surface area contributed by atoms with Crippen molar-refractivity contribution in [3.05, 3.63) is 58.6 Å². The van der Waals surface area contributed by atoms with E-state index in [-0.39, 0.29) is 17.9 Å². The summed E-state index contributed by atoms with van der Waals surface area (Å²) < 4.78 is 0. The summed E-state index contributed by atoms with van der Waals surface area (Å²) in [6.45, 7) is 1.41. The summed E-state index contributed by atoms with van der Waals surface area (Å²) in [6, 6.07) is 13.3. The Morgan fingerprint density at radius 1 is 1.14 bits per heavy atom. The summed E-state index contributed by atoms with van der Waals surface area (Å²) in [5.74, 6) is 0.134. The zero-order chi connectivity index (χ0) is 19.5. The number of nitrogens with zero attached hydrogens (tertiary/aromatic N) is 1. The van der Waals surface area contributed by atoms with Crippen LogP contribution in [0.25, 0.3) is 0 Å². The highest BCUT2D eigenvalue weighted by Crippen LogP contribution is 2.32. The summed E-state index contributed by atoms with van der Waals surface area (Å²) in [6.07, 6.45) is 4.25. The van der Waals surface area contributed by atoms with Crippen molar-refractivity contribution in [2.45, 2.75) is 44.7 Å². The molecule has 1 unspecified atom stereocenters. The van der Waals surface area contributed by atoms with Crippen LogP contribution in [-0.4, -0.2) is 24.4 Å². The van der Waals surface area contributed by atoms with Gasteiger partial charge in [0.05, 0.1) is 12.6 Å². The molecule has 2 aliphatic rings. The Bertz CT molecular complexity index is 876. The lowest BCUT2D eigenvalue weighted by atomic mass is 9.99. The van der Waals surface area contributed by atoms with Gasteiger partial charge in [0.15, 0.2) is 0 Å². The molecule has 6 heteroatoms. The van der Waals surface area contributed by atoms with Crippen LogP contribution in [0.3, 0.4) is 0 Å². The van der Waals surface area contributed by atoms with Gasteiger partial charge in [0.25, 0.3) is 0 Å². The third kappa shape index (κ3) is 4.21. The van der Waals surface area contributed by atoms with Crippen LogP contribution in [0.2, 0.25) is 5.02 Å². The van der Waals surface area contributed by atoms with Crippen LogP contribution in [0.5, 0.6) is 0 Å². The number of carbonyl (C=O) groups excluding carboxylic acids is 2. The van der Waals surface area contributed by atoms with Gasteiger partial charge < -0.3 is 15.5 Å². The normalized spacial score (nSPS) is 19.2. The van der Waals surface area contributed by atoms with Crippen LogP contribution in [0.4, 0.5) is 11.4 Å². The van der Waals surface area contributed by atoms with Crippen molar-refractivity contribution in [3.8, 4) is 0 Å². The van der Waals surface area contributed by atoms with Gasteiger partial charge in [0.1, 0.15) is 0 Å². The molecule has 2 amide bonds. The largest absolute Gasteiger partial charge is 0.325 e. The molecular formula is C22H24ClN3O2. The van der Waals surface area contributed by atoms with Crippen molar-refractivity contribution in [3.63, 3.8) is 0 Å². The Balaban J connectivity index is 1.50. The van der Waals surface area contributed by atoms with E-state index in [0.717, 1.165) is 48.3 Å². The van der Waals surface area contributed by atoms with Crippen LogP contribution in [0, 0.1) is 0 Å². The molecule has 0 radical (unpaired) electrons. The standard InChI is InChI=1S/C22H24ClN3O2/c23-17-7-4-15(5-8-17)14-26-20-10-9-18(13-16(20)6-11-21(26)27)25-22(28)19-3-1-2-12-24-19/h4-5,7-10,13,19,24H,1-3,6,11-12,14H2,(H,25,28). The van der Waals surface area contributed by atoms with E-state index in [1.807, 2.05) is 47.4 Å². The lowest BCUT2D eigenvalue weighted by Gasteiger charge is -2.30. The number of benzene rings is 2. The second-order valence-electron chi connectivity index (χ2n) is 7.44. The topological polar surface area (TPSA) is 61.4 Å². The first-order valence-corrected chi connectivity index (χ1v) is 10.2. The van der Waals surface area contributed by atoms with Crippen LogP contribution >= 0.6 is 11.6 Å². The second kappa shape index (κ2) is 8.33. The molecule has 0 aromatic heterocycles. The number of anilines is 2. The number of rotatable bonds is 4. The Morgan fingerprint density at radius 3 is 2.71 bits per heavy atom. The molecule has 146 valence electrons. The predicted octanol–water partition coefficient (Wildman–Crippen LogP) is 3.90. The van der Waals surface area contributed by atoms with E-state index in [0.29, 0.717) is 24.4 Å². The van der Waals surface area contributed by atoms with Crippen molar-refractivity contribution in [2.24, 2.45) is 0 Å². The third-order valence-electron chi connectivity index (χ3n) is 5.43. The predicted molar refractivity (Wildman–Crippen MR) is 112 cm³/mol. The number of piperidine rings is 1. The van der Waals surface area contributed by atoms with E-state index in [1.54, 1.807) is 0 Å². The number of hydrogen-bond donors (Lipinski definition) is 2. The highest BCUT2D eigenvalue weighted by atomic mass is 35.5. The maximum atomic E-state index is 12.5. The number of amides is 2. The molecule has 28 heavy (non-hydrogen) atoms. The second-order valence-corrected chi connectivity index (χ2v) is 7.88. The van der Waals surface area contributed by atoms with Crippen molar-refractivity contribution in [1.82, 2.24) is 5.32 Å². The quantitative estimate of drug-likeness (QED) is 0.822. The molecule has 1 fully saturated rings. The number of nitrogens with one attached hydrogen (secondary N) is 2. The summed E-state index contributed by atoms with van der Waals surface area (Å²) in [4.78, 5) is 26.8. The van der Waals surface area contributed by atoms with E-state index in [9.17, 15) is 9.59 Å². The number of hydrogen-bond acceptors (Lipinski definition) is 3. The summed E-state index contributed by atoms with van der Waals surface area (Å²) in [5.41, 5.74) is 3.83. The molecule has 4 rings (SSSR count). The Labute approximate surface area is 170 Å². The van der Waals surface area contributed by atoms with Gasteiger partial charge in [-0.3, -0.25) is 9.59 Å². The van der Waals surface area contributed by atoms with Gasteiger partial charge in [0, 0.05) is 22.8 Å². The lowest BCUT2D eigenvalue weighted by molar-refractivity contribution is -0.119. The van der Waals surface area contributed by atoms with E-state index in [4.69, 9.17) is 11.6 Å². The molecule has 0 bridgehead atoms. The highest BCUT2D eigenvalue weighted by molar-refractivity contribution is 6.30. The van der Waals surface area contributed by atoms with Crippen molar-refractivity contribution < 1.29 is 9.59 Å². The van der Waals surface area contributed by atoms with Crippen molar-refractivity contribution >= 4 is 34.8 Å². The fourth-order valence-electron chi connectivity index (χ4n) is 3.89. The molecular weight excluding hydrogens is 374 g/mol. The van der Waals surface area contributed by atoms with Crippen LogP contribution in [-0.2, 0) is 22.6 Å². The fraction of sp³-hybridized carbons (Fsp3) is 0.364. The molecule has 1 saturated heterocycles. The molecule has 0 saturated carbocycles. The molecule has 2 heterocycles. The third-order valence-corrected chi connectivity index (χ3v) is 5.68. The van der Waals surface area contributed by atoms with E-state index < -0.39 is 0 Å². The van der Waals surface area contributed by atoms with Gasteiger partial charge in [-0.25, -0.2) is 0 Å². The Hall–Kier alpha value is -2.37. The maximum Gasteiger partial charge on any atom is 0.241 e. The van der Waals surface area contributed by atoms with Crippen LogP contribution in [0.15, 0.2) is 42.5 Å². The number of fused-ring (bicyclic) bond motifs is 1. The Kier molecular flexibility index (Phi) is 5.64. The average Bonchev–Trinajstić information content (AvgIpc) is 2.72. The van der Waals surface area contributed by atoms with E-state index >= 15 is 0 Å². The molecule has 1 atom stereocenters. The fourth-order valence-corrected chi connectivity index (χ4v) is 4.01. The van der Waals surface area contributed by atoms with E-state index in [2.05, 4.69) is 10.6 Å². The molecule has 0 spiro atoms. The first-order chi connectivity index (χ1) is 13.6. The minimum Gasteiger partial charge on any atom is -0.325 e. The molecule has 2 aromatic rings. The number of halogens is 1. The van der Waals surface area contributed by atoms with Gasteiger partial charge >= 0.3 is 0 Å². The lowest BCUT2D eigenvalue weighted by Crippen LogP contribution is -2.43. The summed E-state index contributed by atoms with van der Waals surface area (Å²) in [7, 11) is 0. The van der Waals surface area contributed by atoms with Gasteiger partial charge in [-0.05, 0) is 67.3 Å². The minimum absolute atomic E-state index is 0.0181. The monoisotopic (exact) mass is 397 g/mol. The summed E-state index contributed by atoms with van der Waals surface area (Å²) in [5, 5.41) is 6.98. The van der Waals surface area contributed by atoms with Gasteiger partial charge in [-0.1, -0.05) is 30.2 Å².